The quantitative estimate of drug-likeness (QED) is 0.450. The van der Waals surface area contributed by atoms with Crippen LogP contribution in [-0.4, -0.2) is 58.4 Å². The van der Waals surface area contributed by atoms with Crippen LogP contribution in [0, 0.1) is 5.92 Å². The smallest absolute Gasteiger partial charge is 0.411 e. The highest BCUT2D eigenvalue weighted by Crippen LogP contribution is 2.35. The van der Waals surface area contributed by atoms with Gasteiger partial charge in [-0.3, -0.25) is 14.6 Å². The Morgan fingerprint density at radius 3 is 2.12 bits per heavy atom. The fraction of sp³-hybridized carbons (Fsp3) is 0.778. The third-order valence-corrected chi connectivity index (χ3v) is 3.98. The summed E-state index contributed by atoms with van der Waals surface area (Å²) in [7, 11) is 0. The van der Waals surface area contributed by atoms with Crippen LogP contribution < -0.4 is 0 Å². The predicted octanol–water partition coefficient (Wildman–Crippen LogP) is 2.78. The zero-order chi connectivity index (χ0) is 18.3. The first kappa shape index (κ1) is 18.8. The van der Waals surface area contributed by atoms with Crippen LogP contribution in [0.15, 0.2) is 12.7 Å². The van der Waals surface area contributed by atoms with Gasteiger partial charge in [-0.2, -0.15) is 0 Å². The summed E-state index contributed by atoms with van der Waals surface area (Å²) >= 11 is 0. The minimum atomic E-state index is -0.524. The molecule has 2 saturated heterocycles. The lowest BCUT2D eigenvalue weighted by atomic mass is 10.1. The zero-order valence-electron chi connectivity index (χ0n) is 15.7. The van der Waals surface area contributed by atoms with Gasteiger partial charge in [0.15, 0.2) is 0 Å². The van der Waals surface area contributed by atoms with Gasteiger partial charge in [0, 0.05) is 6.54 Å². The van der Waals surface area contributed by atoms with Gasteiger partial charge in [0.25, 0.3) is 0 Å². The van der Waals surface area contributed by atoms with Crippen molar-refractivity contribution in [3.8, 4) is 0 Å². The average molecular weight is 338 g/mol. The molecule has 0 aromatic heterocycles. The van der Waals surface area contributed by atoms with Crippen molar-refractivity contribution in [3.05, 3.63) is 12.7 Å². The first-order chi connectivity index (χ1) is 10.9. The molecule has 0 bridgehead atoms. The van der Waals surface area contributed by atoms with E-state index in [0.29, 0.717) is 19.5 Å². The van der Waals surface area contributed by atoms with Crippen LogP contribution in [0.25, 0.3) is 0 Å². The number of amides is 1. The second-order valence-corrected chi connectivity index (χ2v) is 8.59. The average Bonchev–Trinajstić information content (AvgIpc) is 3.07. The van der Waals surface area contributed by atoms with E-state index >= 15 is 0 Å². The lowest BCUT2D eigenvalue weighted by molar-refractivity contribution is -0.160. The minimum Gasteiger partial charge on any atom is -0.459 e. The lowest BCUT2D eigenvalue weighted by Crippen LogP contribution is -2.43. The lowest BCUT2D eigenvalue weighted by Gasteiger charge is -2.27. The fourth-order valence-electron chi connectivity index (χ4n) is 2.93. The van der Waals surface area contributed by atoms with Crippen LogP contribution in [-0.2, 0) is 14.3 Å². The van der Waals surface area contributed by atoms with E-state index in [0.717, 1.165) is 0 Å². The second-order valence-electron chi connectivity index (χ2n) is 8.59. The molecular formula is C18H30N2O4. The SMILES string of the molecule is C=C[C@@H]1CC(C(=O)OC(C)(C)C)N([C@H]2CN2C(=O)OC(C)(C)C)C1. The largest absolute Gasteiger partial charge is 0.459 e. The van der Waals surface area contributed by atoms with Gasteiger partial charge in [0.1, 0.15) is 23.4 Å². The highest BCUT2D eigenvalue weighted by Gasteiger charge is 2.52. The van der Waals surface area contributed by atoms with Crippen molar-refractivity contribution in [3.63, 3.8) is 0 Å². The normalized spacial score (nSPS) is 27.8. The Hall–Kier alpha value is -1.56. The number of esters is 1. The monoisotopic (exact) mass is 338 g/mol. The van der Waals surface area contributed by atoms with Crippen LogP contribution in [0.5, 0.6) is 0 Å². The maximum absolute atomic E-state index is 12.5. The Bertz CT molecular complexity index is 518. The number of likely N-dealkylation sites (tertiary alicyclic amines) is 1. The van der Waals surface area contributed by atoms with Gasteiger partial charge in [0.05, 0.1) is 6.54 Å². The summed E-state index contributed by atoms with van der Waals surface area (Å²) in [5.41, 5.74) is -1.05. The topological polar surface area (TPSA) is 58.8 Å². The van der Waals surface area contributed by atoms with E-state index in [1.807, 2.05) is 52.5 Å². The summed E-state index contributed by atoms with van der Waals surface area (Å²) < 4.78 is 11.0. The Labute approximate surface area is 144 Å². The molecule has 2 aliphatic rings. The van der Waals surface area contributed by atoms with Gasteiger partial charge < -0.3 is 9.47 Å². The van der Waals surface area contributed by atoms with E-state index in [-0.39, 0.29) is 30.2 Å². The van der Waals surface area contributed by atoms with Crippen molar-refractivity contribution in [2.24, 2.45) is 5.92 Å². The van der Waals surface area contributed by atoms with Gasteiger partial charge in [-0.05, 0) is 53.9 Å². The second kappa shape index (κ2) is 6.39. The molecule has 24 heavy (non-hydrogen) atoms. The number of hydrogen-bond donors (Lipinski definition) is 0. The van der Waals surface area contributed by atoms with E-state index in [1.165, 1.54) is 0 Å². The standard InChI is InChI=1S/C18H30N2O4/c1-8-12-9-13(15(21)23-17(2,3)4)19(10-12)14-11-20(14)16(22)24-18(5,6)7/h8,12-14H,1,9-11H2,2-7H3/t12-,13?,14-,20?/m1/s1. The third-order valence-electron chi connectivity index (χ3n) is 3.98. The van der Waals surface area contributed by atoms with Crippen molar-refractivity contribution >= 4 is 12.1 Å². The molecule has 2 aliphatic heterocycles. The fourth-order valence-corrected chi connectivity index (χ4v) is 2.93. The molecule has 0 N–H and O–H groups in total. The molecule has 0 aliphatic carbocycles. The van der Waals surface area contributed by atoms with Crippen LogP contribution in [0.4, 0.5) is 4.79 Å². The molecule has 136 valence electrons. The first-order valence-corrected chi connectivity index (χ1v) is 8.52. The summed E-state index contributed by atoms with van der Waals surface area (Å²) in [6, 6.07) is -0.343. The molecule has 2 rings (SSSR count). The van der Waals surface area contributed by atoms with Crippen molar-refractivity contribution < 1.29 is 19.1 Å². The molecule has 0 aromatic rings. The third kappa shape index (κ3) is 4.72. The van der Waals surface area contributed by atoms with Crippen LogP contribution in [0.1, 0.15) is 48.0 Å². The van der Waals surface area contributed by atoms with Gasteiger partial charge in [-0.15, -0.1) is 6.58 Å². The highest BCUT2D eigenvalue weighted by molar-refractivity contribution is 5.77. The number of ether oxygens (including phenoxy) is 2. The molecule has 1 unspecified atom stereocenters. The number of rotatable bonds is 3. The van der Waals surface area contributed by atoms with Crippen molar-refractivity contribution in [2.75, 3.05) is 13.1 Å². The van der Waals surface area contributed by atoms with E-state index in [2.05, 4.69) is 6.58 Å². The summed E-state index contributed by atoms with van der Waals surface area (Å²) in [6.07, 6.45) is 2.12. The number of carbonyl (C=O) groups excluding carboxylic acids is 2. The van der Waals surface area contributed by atoms with Crippen LogP contribution in [0.2, 0.25) is 0 Å². The molecule has 0 saturated carbocycles. The first-order valence-electron chi connectivity index (χ1n) is 8.52. The van der Waals surface area contributed by atoms with Crippen molar-refractivity contribution in [1.29, 1.82) is 0 Å². The van der Waals surface area contributed by atoms with Crippen molar-refractivity contribution in [2.45, 2.75) is 71.4 Å². The molecular weight excluding hydrogens is 308 g/mol. The van der Waals surface area contributed by atoms with Gasteiger partial charge in [0.2, 0.25) is 0 Å². The molecule has 6 nitrogen and oxygen atoms in total. The maximum atomic E-state index is 12.5. The molecule has 0 aromatic carbocycles. The van der Waals surface area contributed by atoms with E-state index in [4.69, 9.17) is 9.47 Å². The molecule has 0 spiro atoms. The molecule has 2 fully saturated rings. The molecule has 0 radical (unpaired) electrons. The number of carbonyl (C=O) groups is 2. The Morgan fingerprint density at radius 1 is 1.04 bits per heavy atom. The van der Waals surface area contributed by atoms with Gasteiger partial charge >= 0.3 is 12.1 Å². The zero-order valence-corrected chi connectivity index (χ0v) is 15.7. The Balaban J connectivity index is 2.03. The summed E-state index contributed by atoms with van der Waals surface area (Å²) in [5, 5.41) is 0. The Kier molecular flexibility index (Phi) is 5.00. The summed E-state index contributed by atoms with van der Waals surface area (Å²) in [4.78, 5) is 28.4. The van der Waals surface area contributed by atoms with E-state index in [9.17, 15) is 9.59 Å². The van der Waals surface area contributed by atoms with Gasteiger partial charge in [-0.1, -0.05) is 6.08 Å². The summed E-state index contributed by atoms with van der Waals surface area (Å²) in [6.45, 7) is 16.2. The molecule has 2 heterocycles. The number of nitrogens with zero attached hydrogens (tertiary/aromatic N) is 2. The van der Waals surface area contributed by atoms with Crippen LogP contribution >= 0.6 is 0 Å². The van der Waals surface area contributed by atoms with E-state index < -0.39 is 11.2 Å². The highest BCUT2D eigenvalue weighted by atomic mass is 16.6. The predicted molar refractivity (Wildman–Crippen MR) is 91.4 cm³/mol. The Morgan fingerprint density at radius 2 is 1.62 bits per heavy atom. The van der Waals surface area contributed by atoms with Crippen molar-refractivity contribution in [1.82, 2.24) is 9.80 Å². The summed E-state index contributed by atoms with van der Waals surface area (Å²) in [5.74, 6) is -0.00788. The minimum absolute atomic E-state index is 0.0951. The molecule has 6 heteroatoms. The number of hydrogen-bond acceptors (Lipinski definition) is 5. The van der Waals surface area contributed by atoms with E-state index in [1.54, 1.807) is 4.90 Å². The van der Waals surface area contributed by atoms with Crippen LogP contribution in [0.3, 0.4) is 0 Å². The maximum Gasteiger partial charge on any atom is 0.411 e. The van der Waals surface area contributed by atoms with Gasteiger partial charge in [-0.25, -0.2) is 4.79 Å². The molecule has 1 amide bonds. The molecule has 3 atom stereocenters.